The highest BCUT2D eigenvalue weighted by Crippen LogP contribution is 2.15. The predicted molar refractivity (Wildman–Crippen MR) is 228 cm³/mol. The fourth-order valence-corrected chi connectivity index (χ4v) is 6.56. The molecule has 1 atom stereocenters. The molecule has 0 aliphatic heterocycles. The summed E-state index contributed by atoms with van der Waals surface area (Å²) in [6, 6.07) is 0. The van der Waals surface area contributed by atoms with Gasteiger partial charge in [0.25, 0.3) is 0 Å². The molecule has 0 rings (SSSR count). The molecule has 0 amide bonds. The quantitative estimate of drug-likeness (QED) is 0.0386. The van der Waals surface area contributed by atoms with Gasteiger partial charge in [-0.25, -0.2) is 0 Å². The Bertz CT molecular complexity index is 813. The average Bonchev–Trinajstić information content (AvgIpc) is 3.15. The van der Waals surface area contributed by atoms with Gasteiger partial charge in [0.1, 0.15) is 6.10 Å². The molecule has 52 heavy (non-hydrogen) atoms. The van der Waals surface area contributed by atoms with Crippen LogP contribution in [-0.2, 0) is 14.3 Å². The third-order valence-corrected chi connectivity index (χ3v) is 9.92. The molecule has 0 aromatic carbocycles. The molecular weight excluding hydrogens is 641 g/mol. The highest BCUT2D eigenvalue weighted by atomic mass is 16.6. The van der Waals surface area contributed by atoms with Crippen LogP contribution in [0.1, 0.15) is 226 Å². The maximum absolute atomic E-state index is 12.2. The van der Waals surface area contributed by atoms with E-state index in [0.717, 1.165) is 44.9 Å². The van der Waals surface area contributed by atoms with Crippen molar-refractivity contribution >= 4 is 5.97 Å². The standard InChI is InChI=1S/C48H88O4/c1-3-5-7-9-11-13-15-17-19-21-22-23-24-25-26-27-29-31-33-35-37-39-41-43-48(50)52-47(45-49)46-51-44-42-40-38-36-34-32-30-28-20-18-16-14-12-10-8-6-4-2/h5,7,11,13,17,19,22-23,47,49H,3-4,6,8-10,12,14-16,18,20-21,24-46H2,1-2H3/b7-5-,13-11-,19-17-,23-22-. The van der Waals surface area contributed by atoms with Gasteiger partial charge < -0.3 is 14.6 Å². The first kappa shape index (κ1) is 50.4. The Kier molecular flexibility index (Phi) is 44.1. The van der Waals surface area contributed by atoms with E-state index in [1.54, 1.807) is 0 Å². The van der Waals surface area contributed by atoms with Crippen LogP contribution in [0, 0.1) is 0 Å². The van der Waals surface area contributed by atoms with Gasteiger partial charge in [0.2, 0.25) is 0 Å². The third-order valence-electron chi connectivity index (χ3n) is 9.92. The number of hydrogen-bond acceptors (Lipinski definition) is 4. The van der Waals surface area contributed by atoms with Crippen molar-refractivity contribution in [1.82, 2.24) is 0 Å². The zero-order valence-electron chi connectivity index (χ0n) is 34.8. The van der Waals surface area contributed by atoms with Gasteiger partial charge >= 0.3 is 5.97 Å². The summed E-state index contributed by atoms with van der Waals surface area (Å²) in [5.74, 6) is -0.203. The predicted octanol–water partition coefficient (Wildman–Crippen LogP) is 15.0. The SMILES string of the molecule is CC/C=C\C/C=C\C/C=C\C/C=C\CCCCCCCCCCCCC(=O)OC(CO)COCCCCCCCCCCCCCCCCCCC. The lowest BCUT2D eigenvalue weighted by molar-refractivity contribution is -0.154. The van der Waals surface area contributed by atoms with Crippen LogP contribution in [0.5, 0.6) is 0 Å². The third kappa shape index (κ3) is 42.8. The summed E-state index contributed by atoms with van der Waals surface area (Å²) in [6.45, 7) is 5.26. The van der Waals surface area contributed by atoms with Crippen molar-refractivity contribution in [2.45, 2.75) is 232 Å². The van der Waals surface area contributed by atoms with Crippen molar-refractivity contribution in [3.05, 3.63) is 48.6 Å². The smallest absolute Gasteiger partial charge is 0.306 e. The van der Waals surface area contributed by atoms with Crippen LogP contribution in [0.2, 0.25) is 0 Å². The molecular formula is C48H88O4. The van der Waals surface area contributed by atoms with Crippen molar-refractivity contribution in [1.29, 1.82) is 0 Å². The van der Waals surface area contributed by atoms with E-state index in [4.69, 9.17) is 9.47 Å². The normalized spacial score (nSPS) is 12.8. The summed E-state index contributed by atoms with van der Waals surface area (Å²) in [5.41, 5.74) is 0. The maximum atomic E-state index is 12.2. The van der Waals surface area contributed by atoms with Gasteiger partial charge in [-0.1, -0.05) is 217 Å². The maximum Gasteiger partial charge on any atom is 0.306 e. The molecule has 0 fully saturated rings. The number of carbonyl (C=O) groups is 1. The minimum Gasteiger partial charge on any atom is -0.457 e. The first-order valence-corrected chi connectivity index (χ1v) is 22.7. The summed E-state index contributed by atoms with van der Waals surface area (Å²) in [5, 5.41) is 9.62. The van der Waals surface area contributed by atoms with Gasteiger partial charge in [-0.2, -0.15) is 0 Å². The molecule has 1 unspecified atom stereocenters. The second kappa shape index (κ2) is 45.5. The van der Waals surface area contributed by atoms with E-state index in [2.05, 4.69) is 62.5 Å². The number of hydrogen-bond donors (Lipinski definition) is 1. The fourth-order valence-electron chi connectivity index (χ4n) is 6.56. The molecule has 304 valence electrons. The molecule has 4 nitrogen and oxygen atoms in total. The Morgan fingerprint density at radius 1 is 0.481 bits per heavy atom. The number of ether oxygens (including phenoxy) is 2. The number of allylic oxidation sites excluding steroid dienone is 8. The van der Waals surface area contributed by atoms with Gasteiger partial charge in [0.15, 0.2) is 0 Å². The number of aliphatic hydroxyl groups is 1. The highest BCUT2D eigenvalue weighted by Gasteiger charge is 2.13. The Hall–Kier alpha value is -1.65. The Morgan fingerprint density at radius 3 is 1.31 bits per heavy atom. The zero-order chi connectivity index (χ0) is 37.7. The molecule has 1 N–H and O–H groups in total. The van der Waals surface area contributed by atoms with E-state index < -0.39 is 6.10 Å². The zero-order valence-corrected chi connectivity index (χ0v) is 34.8. The van der Waals surface area contributed by atoms with Gasteiger partial charge in [-0.15, -0.1) is 0 Å². The lowest BCUT2D eigenvalue weighted by Gasteiger charge is -2.16. The number of rotatable bonds is 42. The summed E-state index contributed by atoms with van der Waals surface area (Å²) in [4.78, 5) is 12.2. The summed E-state index contributed by atoms with van der Waals surface area (Å²) in [6.07, 6.45) is 58.9. The summed E-state index contributed by atoms with van der Waals surface area (Å²) >= 11 is 0. The molecule has 0 aliphatic carbocycles. The fraction of sp³-hybridized carbons (Fsp3) is 0.812. The van der Waals surface area contributed by atoms with Crippen molar-refractivity contribution in [3.63, 3.8) is 0 Å². The van der Waals surface area contributed by atoms with Crippen LogP contribution in [0.25, 0.3) is 0 Å². The van der Waals surface area contributed by atoms with E-state index >= 15 is 0 Å². The van der Waals surface area contributed by atoms with Gasteiger partial charge in [-0.05, 0) is 51.4 Å². The minimum atomic E-state index is -0.535. The van der Waals surface area contributed by atoms with Crippen LogP contribution in [0.4, 0.5) is 0 Å². The Balaban J connectivity index is 3.42. The van der Waals surface area contributed by atoms with E-state index in [0.29, 0.717) is 19.6 Å². The average molecular weight is 729 g/mol. The molecule has 0 radical (unpaired) electrons. The highest BCUT2D eigenvalue weighted by molar-refractivity contribution is 5.69. The molecule has 0 bridgehead atoms. The van der Waals surface area contributed by atoms with Crippen molar-refractivity contribution in [2.75, 3.05) is 19.8 Å². The molecule has 0 aromatic heterocycles. The largest absolute Gasteiger partial charge is 0.457 e. The lowest BCUT2D eigenvalue weighted by atomic mass is 10.0. The van der Waals surface area contributed by atoms with Gasteiger partial charge in [0, 0.05) is 13.0 Å². The topological polar surface area (TPSA) is 55.8 Å². The molecule has 0 aliphatic rings. The molecule has 0 saturated heterocycles. The second-order valence-electron chi connectivity index (χ2n) is 15.1. The van der Waals surface area contributed by atoms with Crippen LogP contribution in [-0.4, -0.2) is 37.0 Å². The number of unbranched alkanes of at least 4 members (excludes halogenated alkanes) is 26. The monoisotopic (exact) mass is 729 g/mol. The molecule has 0 heterocycles. The van der Waals surface area contributed by atoms with E-state index in [1.165, 1.54) is 161 Å². The van der Waals surface area contributed by atoms with Gasteiger partial charge in [-0.3, -0.25) is 4.79 Å². The van der Waals surface area contributed by atoms with Crippen LogP contribution in [0.3, 0.4) is 0 Å². The summed E-state index contributed by atoms with van der Waals surface area (Å²) < 4.78 is 11.2. The van der Waals surface area contributed by atoms with Gasteiger partial charge in [0.05, 0.1) is 13.2 Å². The first-order chi connectivity index (χ1) is 25.7. The molecule has 0 aromatic rings. The van der Waals surface area contributed by atoms with Crippen molar-refractivity contribution < 1.29 is 19.4 Å². The van der Waals surface area contributed by atoms with Crippen molar-refractivity contribution in [3.8, 4) is 0 Å². The minimum absolute atomic E-state index is 0.171. The molecule has 0 spiro atoms. The van der Waals surface area contributed by atoms with E-state index in [9.17, 15) is 9.90 Å². The van der Waals surface area contributed by atoms with Crippen LogP contribution < -0.4 is 0 Å². The Morgan fingerprint density at radius 2 is 0.865 bits per heavy atom. The summed E-state index contributed by atoms with van der Waals surface area (Å²) in [7, 11) is 0. The van der Waals surface area contributed by atoms with E-state index in [-0.39, 0.29) is 12.6 Å². The number of esters is 1. The molecule has 0 saturated carbocycles. The second-order valence-corrected chi connectivity index (χ2v) is 15.1. The van der Waals surface area contributed by atoms with Crippen LogP contribution >= 0.6 is 0 Å². The van der Waals surface area contributed by atoms with Crippen LogP contribution in [0.15, 0.2) is 48.6 Å². The number of aliphatic hydroxyl groups excluding tert-OH is 1. The Labute approximate surface area is 324 Å². The molecule has 4 heteroatoms. The number of carbonyl (C=O) groups excluding carboxylic acids is 1. The first-order valence-electron chi connectivity index (χ1n) is 22.7. The lowest BCUT2D eigenvalue weighted by Crippen LogP contribution is -2.27. The van der Waals surface area contributed by atoms with Crippen molar-refractivity contribution in [2.24, 2.45) is 0 Å². The van der Waals surface area contributed by atoms with E-state index in [1.807, 2.05) is 0 Å².